The Hall–Kier alpha value is -2.80. The summed E-state index contributed by atoms with van der Waals surface area (Å²) >= 11 is 1.39. The monoisotopic (exact) mass is 356 g/mol. The van der Waals surface area contributed by atoms with Gasteiger partial charge in [0, 0.05) is 12.1 Å². The van der Waals surface area contributed by atoms with Gasteiger partial charge in [-0.2, -0.15) is 0 Å². The molecular formula is C18H16N2O4S. The van der Waals surface area contributed by atoms with Crippen LogP contribution in [0.1, 0.15) is 6.92 Å². The number of benzene rings is 2. The quantitative estimate of drug-likeness (QED) is 0.775. The first-order valence-corrected chi connectivity index (χ1v) is 8.73. The minimum atomic E-state index is -0.630. The normalized spacial score (nSPS) is 14.1. The molecule has 0 radical (unpaired) electrons. The van der Waals surface area contributed by atoms with Crippen LogP contribution in [0.2, 0.25) is 0 Å². The zero-order chi connectivity index (χ0) is 17.2. The van der Waals surface area contributed by atoms with Gasteiger partial charge in [-0.15, -0.1) is 0 Å². The number of ether oxygens (including phenoxy) is 3. The fraction of sp³-hybridized carbons (Fsp3) is 0.222. The third kappa shape index (κ3) is 3.36. The van der Waals surface area contributed by atoms with Gasteiger partial charge in [0.05, 0.1) is 10.2 Å². The fourth-order valence-electron chi connectivity index (χ4n) is 2.48. The lowest BCUT2D eigenvalue weighted by Crippen LogP contribution is -2.30. The van der Waals surface area contributed by atoms with Crippen molar-refractivity contribution >= 4 is 32.6 Å². The zero-order valence-electron chi connectivity index (χ0n) is 13.5. The molecule has 2 aromatic carbocycles. The van der Waals surface area contributed by atoms with E-state index in [-0.39, 0.29) is 5.91 Å². The number of amides is 1. The van der Waals surface area contributed by atoms with Gasteiger partial charge >= 0.3 is 0 Å². The summed E-state index contributed by atoms with van der Waals surface area (Å²) in [6, 6.07) is 13.0. The first-order valence-electron chi connectivity index (χ1n) is 7.92. The summed E-state index contributed by atoms with van der Waals surface area (Å²) in [6.45, 7) is 2.77. The van der Waals surface area contributed by atoms with Crippen LogP contribution in [0, 0.1) is 0 Å². The van der Waals surface area contributed by atoms with Crippen LogP contribution >= 0.6 is 11.3 Å². The molecule has 1 amide bonds. The summed E-state index contributed by atoms with van der Waals surface area (Å²) in [7, 11) is 0. The molecule has 6 nitrogen and oxygen atoms in total. The summed E-state index contributed by atoms with van der Waals surface area (Å²) in [6.07, 6.45) is -0.630. The number of para-hydroxylation sites is 1. The van der Waals surface area contributed by atoms with Crippen LogP contribution in [0.3, 0.4) is 0 Å². The smallest absolute Gasteiger partial charge is 0.266 e. The minimum absolute atomic E-state index is 0.250. The van der Waals surface area contributed by atoms with Crippen LogP contribution < -0.4 is 19.5 Å². The Morgan fingerprint density at radius 3 is 2.68 bits per heavy atom. The average Bonchev–Trinajstić information content (AvgIpc) is 3.01. The highest BCUT2D eigenvalue weighted by Crippen LogP contribution is 2.37. The molecule has 2 heterocycles. The van der Waals surface area contributed by atoms with E-state index in [2.05, 4.69) is 10.3 Å². The van der Waals surface area contributed by atoms with Crippen LogP contribution in [0.25, 0.3) is 10.2 Å². The number of anilines is 1. The third-order valence-electron chi connectivity index (χ3n) is 3.71. The number of carbonyl (C=O) groups excluding carboxylic acids is 1. The second-order valence-corrected chi connectivity index (χ2v) is 6.58. The van der Waals surface area contributed by atoms with E-state index in [1.165, 1.54) is 11.3 Å². The molecule has 1 aliphatic heterocycles. The summed E-state index contributed by atoms with van der Waals surface area (Å²) in [5, 5.41) is 3.32. The number of hydrogen-bond acceptors (Lipinski definition) is 6. The molecule has 128 valence electrons. The molecule has 3 aromatic rings. The maximum atomic E-state index is 12.3. The maximum Gasteiger partial charge on any atom is 0.266 e. The average molecular weight is 356 g/mol. The standard InChI is InChI=1S/C18H16N2O4S/c1-11(24-12-5-3-2-4-6-12)17(21)20-18-19-13-9-14-15(10-16(13)25-18)23-8-7-22-14/h2-6,9-11H,7-8H2,1H3,(H,19,20,21). The van der Waals surface area contributed by atoms with Crippen molar-refractivity contribution in [1.82, 2.24) is 4.98 Å². The zero-order valence-corrected chi connectivity index (χ0v) is 14.3. The Morgan fingerprint density at radius 1 is 1.20 bits per heavy atom. The largest absolute Gasteiger partial charge is 0.486 e. The van der Waals surface area contributed by atoms with Gasteiger partial charge in [-0.3, -0.25) is 10.1 Å². The van der Waals surface area contributed by atoms with Gasteiger partial charge in [-0.1, -0.05) is 29.5 Å². The van der Waals surface area contributed by atoms with Crippen molar-refractivity contribution in [3.63, 3.8) is 0 Å². The maximum absolute atomic E-state index is 12.3. The lowest BCUT2D eigenvalue weighted by molar-refractivity contribution is -0.122. The topological polar surface area (TPSA) is 69.7 Å². The molecule has 1 aliphatic rings. The molecule has 1 unspecified atom stereocenters. The van der Waals surface area contributed by atoms with Gasteiger partial charge in [0.25, 0.3) is 5.91 Å². The second kappa shape index (κ2) is 6.60. The molecule has 1 atom stereocenters. The van der Waals surface area contributed by atoms with Crippen molar-refractivity contribution in [2.24, 2.45) is 0 Å². The number of carbonyl (C=O) groups is 1. The van der Waals surface area contributed by atoms with E-state index in [9.17, 15) is 4.79 Å². The van der Waals surface area contributed by atoms with E-state index in [1.54, 1.807) is 6.92 Å². The van der Waals surface area contributed by atoms with Crippen molar-refractivity contribution in [3.8, 4) is 17.2 Å². The van der Waals surface area contributed by atoms with Gasteiger partial charge in [-0.05, 0) is 19.1 Å². The first kappa shape index (κ1) is 15.7. The molecule has 7 heteroatoms. The number of aromatic nitrogens is 1. The minimum Gasteiger partial charge on any atom is -0.486 e. The Balaban J connectivity index is 1.49. The molecule has 0 fully saturated rings. The molecule has 0 aliphatic carbocycles. The molecular weight excluding hydrogens is 340 g/mol. The van der Waals surface area contributed by atoms with Crippen molar-refractivity contribution in [2.45, 2.75) is 13.0 Å². The van der Waals surface area contributed by atoms with Gasteiger partial charge < -0.3 is 14.2 Å². The van der Waals surface area contributed by atoms with E-state index in [0.29, 0.717) is 35.6 Å². The van der Waals surface area contributed by atoms with Crippen LogP contribution in [-0.2, 0) is 4.79 Å². The van der Waals surface area contributed by atoms with Crippen LogP contribution in [0.4, 0.5) is 5.13 Å². The van der Waals surface area contributed by atoms with E-state index in [1.807, 2.05) is 42.5 Å². The predicted octanol–water partition coefficient (Wildman–Crippen LogP) is 3.47. The summed E-state index contributed by atoms with van der Waals surface area (Å²) in [5.41, 5.74) is 0.765. The summed E-state index contributed by atoms with van der Waals surface area (Å²) < 4.78 is 17.7. The SMILES string of the molecule is CC(Oc1ccccc1)C(=O)Nc1nc2cc3c(cc2s1)OCCO3. The summed E-state index contributed by atoms with van der Waals surface area (Å²) in [5.74, 6) is 1.79. The van der Waals surface area contributed by atoms with Gasteiger partial charge in [-0.25, -0.2) is 4.98 Å². The number of thiazole rings is 1. The Kier molecular flexibility index (Phi) is 4.15. The number of rotatable bonds is 4. The van der Waals surface area contributed by atoms with Crippen LogP contribution in [0.5, 0.6) is 17.2 Å². The van der Waals surface area contributed by atoms with Crippen molar-refractivity contribution < 1.29 is 19.0 Å². The van der Waals surface area contributed by atoms with E-state index in [4.69, 9.17) is 14.2 Å². The van der Waals surface area contributed by atoms with Gasteiger partial charge in [0.15, 0.2) is 22.7 Å². The Morgan fingerprint density at radius 2 is 1.92 bits per heavy atom. The second-order valence-electron chi connectivity index (χ2n) is 5.54. The molecule has 0 saturated heterocycles. The lowest BCUT2D eigenvalue weighted by Gasteiger charge is -2.17. The van der Waals surface area contributed by atoms with Gasteiger partial charge in [0.2, 0.25) is 0 Å². The molecule has 1 N–H and O–H groups in total. The molecule has 4 rings (SSSR count). The van der Waals surface area contributed by atoms with Crippen molar-refractivity contribution in [2.75, 3.05) is 18.5 Å². The number of hydrogen-bond donors (Lipinski definition) is 1. The van der Waals surface area contributed by atoms with E-state index < -0.39 is 6.10 Å². The number of fused-ring (bicyclic) bond motifs is 2. The highest BCUT2D eigenvalue weighted by Gasteiger charge is 2.19. The predicted molar refractivity (Wildman–Crippen MR) is 95.8 cm³/mol. The molecule has 0 saturated carbocycles. The number of nitrogens with one attached hydrogen (secondary N) is 1. The molecule has 0 spiro atoms. The fourth-order valence-corrected chi connectivity index (χ4v) is 3.36. The summed E-state index contributed by atoms with van der Waals surface area (Å²) in [4.78, 5) is 16.8. The molecule has 1 aromatic heterocycles. The van der Waals surface area contributed by atoms with E-state index >= 15 is 0 Å². The highest BCUT2D eigenvalue weighted by molar-refractivity contribution is 7.22. The molecule has 25 heavy (non-hydrogen) atoms. The Labute approximate surface area is 148 Å². The van der Waals surface area contributed by atoms with Crippen LogP contribution in [-0.4, -0.2) is 30.2 Å². The van der Waals surface area contributed by atoms with Crippen molar-refractivity contribution in [3.05, 3.63) is 42.5 Å². The van der Waals surface area contributed by atoms with Crippen molar-refractivity contribution in [1.29, 1.82) is 0 Å². The Bertz CT molecular complexity index is 867. The highest BCUT2D eigenvalue weighted by atomic mass is 32.1. The third-order valence-corrected chi connectivity index (χ3v) is 4.64. The first-order chi connectivity index (χ1) is 12.2. The number of nitrogens with zero attached hydrogens (tertiary/aromatic N) is 1. The lowest BCUT2D eigenvalue weighted by atomic mass is 10.3. The molecule has 0 bridgehead atoms. The van der Waals surface area contributed by atoms with Crippen LogP contribution in [0.15, 0.2) is 42.5 Å². The van der Waals surface area contributed by atoms with E-state index in [0.717, 1.165) is 10.2 Å². The van der Waals surface area contributed by atoms with Gasteiger partial charge in [0.1, 0.15) is 19.0 Å².